The molecule has 1 aromatic carbocycles. The normalized spacial score (nSPS) is 21.0. The largest absolute Gasteiger partial charge is 0.525 e. The molecule has 24 heavy (non-hydrogen) atoms. The van der Waals surface area contributed by atoms with E-state index >= 15 is 0 Å². The lowest BCUT2D eigenvalue weighted by atomic mass is 9.83. The van der Waals surface area contributed by atoms with Gasteiger partial charge in [-0.15, -0.1) is 0 Å². The molecule has 0 spiro atoms. The molecule has 0 unspecified atom stereocenters. The van der Waals surface area contributed by atoms with Crippen LogP contribution in [0.5, 0.6) is 0 Å². The molecule has 0 aromatic heterocycles. The molecule has 1 fully saturated rings. The van der Waals surface area contributed by atoms with Crippen LogP contribution in [0, 0.1) is 0 Å². The van der Waals surface area contributed by atoms with Crippen LogP contribution in [0.1, 0.15) is 52.7 Å². The van der Waals surface area contributed by atoms with Gasteiger partial charge in [0.1, 0.15) is 5.73 Å². The second-order valence-corrected chi connectivity index (χ2v) is 8.09. The Hall–Kier alpha value is -0.785. The summed E-state index contributed by atoms with van der Waals surface area (Å²) in [6, 6.07) is 4.20. The van der Waals surface area contributed by atoms with E-state index < -0.39 is 30.0 Å². The topological polar surface area (TPSA) is 18.5 Å². The van der Waals surface area contributed by atoms with E-state index in [1.54, 1.807) is 6.07 Å². The van der Waals surface area contributed by atoms with Gasteiger partial charge >= 0.3 is 7.12 Å². The smallest absolute Gasteiger partial charge is 0.398 e. The third kappa shape index (κ3) is 3.73. The molecule has 1 aliphatic rings. The average molecular weight is 405 g/mol. The third-order valence-corrected chi connectivity index (χ3v) is 5.11. The van der Waals surface area contributed by atoms with E-state index in [0.717, 1.165) is 6.92 Å². The SMILES string of the molecule is CC(=C(F)B1OC(C)(C)C(C)(C)O1)c1cc(Br)cc(C(C)(F)F)c1. The number of hydrogen-bond donors (Lipinski definition) is 0. The first-order valence-corrected chi connectivity index (χ1v) is 8.45. The highest BCUT2D eigenvalue weighted by Gasteiger charge is 2.53. The summed E-state index contributed by atoms with van der Waals surface area (Å²) in [5.74, 6) is -3.01. The van der Waals surface area contributed by atoms with Gasteiger partial charge in [0, 0.05) is 17.0 Å². The lowest BCUT2D eigenvalue weighted by molar-refractivity contribution is 0.00578. The van der Waals surface area contributed by atoms with Gasteiger partial charge in [0.25, 0.3) is 5.92 Å². The number of benzene rings is 1. The quantitative estimate of drug-likeness (QED) is 0.584. The highest BCUT2D eigenvalue weighted by Crippen LogP contribution is 2.40. The number of halogens is 4. The summed E-state index contributed by atoms with van der Waals surface area (Å²) in [4.78, 5) is 0. The number of alkyl halides is 2. The summed E-state index contributed by atoms with van der Waals surface area (Å²) in [7, 11) is -1.15. The minimum absolute atomic E-state index is 0.187. The molecule has 0 bridgehead atoms. The summed E-state index contributed by atoms with van der Waals surface area (Å²) in [6.45, 7) is 9.63. The van der Waals surface area contributed by atoms with Gasteiger partial charge in [-0.05, 0) is 64.0 Å². The van der Waals surface area contributed by atoms with Crippen molar-refractivity contribution < 1.29 is 22.5 Å². The fourth-order valence-electron chi connectivity index (χ4n) is 2.32. The molecule has 0 atom stereocenters. The van der Waals surface area contributed by atoms with E-state index in [1.165, 1.54) is 19.1 Å². The van der Waals surface area contributed by atoms with Crippen molar-refractivity contribution in [3.05, 3.63) is 39.5 Å². The molecule has 2 nitrogen and oxygen atoms in total. The first kappa shape index (κ1) is 19.5. The zero-order valence-corrected chi connectivity index (χ0v) is 16.2. The molecule has 0 amide bonds. The molecule has 1 aliphatic heterocycles. The van der Waals surface area contributed by atoms with E-state index in [9.17, 15) is 13.2 Å². The van der Waals surface area contributed by atoms with Crippen LogP contribution in [-0.2, 0) is 15.2 Å². The first-order chi connectivity index (χ1) is 10.7. The molecule has 1 saturated heterocycles. The van der Waals surface area contributed by atoms with Crippen molar-refractivity contribution >= 4 is 28.6 Å². The molecular formula is C17H21BBrF3O2. The Kier molecular flexibility index (Phi) is 5.03. The van der Waals surface area contributed by atoms with Gasteiger partial charge in [0.15, 0.2) is 0 Å². The molecule has 2 rings (SSSR count). The minimum atomic E-state index is -3.01. The van der Waals surface area contributed by atoms with Gasteiger partial charge in [-0.1, -0.05) is 15.9 Å². The molecular weight excluding hydrogens is 384 g/mol. The minimum Gasteiger partial charge on any atom is -0.398 e. The first-order valence-electron chi connectivity index (χ1n) is 7.66. The maximum atomic E-state index is 14.9. The van der Waals surface area contributed by atoms with E-state index in [2.05, 4.69) is 15.9 Å². The second-order valence-electron chi connectivity index (χ2n) is 7.18. The molecule has 132 valence electrons. The Labute approximate surface area is 149 Å². The predicted molar refractivity (Wildman–Crippen MR) is 93.5 cm³/mol. The molecule has 0 radical (unpaired) electrons. The van der Waals surface area contributed by atoms with Crippen LogP contribution in [0.25, 0.3) is 5.57 Å². The van der Waals surface area contributed by atoms with Crippen LogP contribution in [0.4, 0.5) is 13.2 Å². The molecule has 0 N–H and O–H groups in total. The van der Waals surface area contributed by atoms with Gasteiger partial charge in [-0.3, -0.25) is 0 Å². The Bertz CT molecular complexity index is 665. The summed E-state index contributed by atoms with van der Waals surface area (Å²) in [5, 5.41) is 0. The lowest BCUT2D eigenvalue weighted by Crippen LogP contribution is -2.41. The maximum absolute atomic E-state index is 14.9. The zero-order valence-electron chi connectivity index (χ0n) is 14.6. The van der Waals surface area contributed by atoms with Gasteiger partial charge < -0.3 is 9.31 Å². The standard InChI is InChI=1S/C17H21BBrF3O2/c1-10(11-7-12(17(6,21)22)9-13(19)8-11)14(20)18-23-15(2,3)16(4,5)24-18/h7-9H,1-6H3. The number of hydrogen-bond acceptors (Lipinski definition) is 2. The lowest BCUT2D eigenvalue weighted by Gasteiger charge is -2.32. The summed E-state index contributed by atoms with van der Waals surface area (Å²) >= 11 is 3.20. The van der Waals surface area contributed by atoms with Crippen molar-refractivity contribution in [1.82, 2.24) is 0 Å². The van der Waals surface area contributed by atoms with Crippen molar-refractivity contribution in [2.75, 3.05) is 0 Å². The second kappa shape index (κ2) is 6.18. The maximum Gasteiger partial charge on any atom is 0.525 e. The Morgan fingerprint density at radius 3 is 2.04 bits per heavy atom. The average Bonchev–Trinajstić information content (AvgIpc) is 2.64. The van der Waals surface area contributed by atoms with E-state index in [1.807, 2.05) is 27.7 Å². The molecule has 1 heterocycles. The van der Waals surface area contributed by atoms with Gasteiger partial charge in [0.05, 0.1) is 11.2 Å². The van der Waals surface area contributed by atoms with Crippen LogP contribution in [0.15, 0.2) is 28.4 Å². The summed E-state index contributed by atoms with van der Waals surface area (Å²) in [6.07, 6.45) is 0. The summed E-state index contributed by atoms with van der Waals surface area (Å²) < 4.78 is 53.9. The van der Waals surface area contributed by atoms with Crippen LogP contribution in [0.2, 0.25) is 0 Å². The Morgan fingerprint density at radius 1 is 1.08 bits per heavy atom. The zero-order chi connectivity index (χ0) is 18.5. The highest BCUT2D eigenvalue weighted by molar-refractivity contribution is 9.10. The van der Waals surface area contributed by atoms with Crippen molar-refractivity contribution in [2.24, 2.45) is 0 Å². The fourth-order valence-corrected chi connectivity index (χ4v) is 2.81. The molecule has 0 aliphatic carbocycles. The van der Waals surface area contributed by atoms with Crippen LogP contribution in [-0.4, -0.2) is 18.3 Å². The highest BCUT2D eigenvalue weighted by atomic mass is 79.9. The predicted octanol–water partition coefficient (Wildman–Crippen LogP) is 5.89. The van der Waals surface area contributed by atoms with Crippen LogP contribution >= 0.6 is 15.9 Å². The van der Waals surface area contributed by atoms with Gasteiger partial charge in [-0.2, -0.15) is 0 Å². The van der Waals surface area contributed by atoms with E-state index in [4.69, 9.17) is 9.31 Å². The summed E-state index contributed by atoms with van der Waals surface area (Å²) in [5.41, 5.74) is -1.58. The number of rotatable bonds is 3. The van der Waals surface area contributed by atoms with E-state index in [0.29, 0.717) is 10.0 Å². The molecule has 1 aromatic rings. The van der Waals surface area contributed by atoms with Crippen LogP contribution < -0.4 is 0 Å². The van der Waals surface area contributed by atoms with Crippen LogP contribution in [0.3, 0.4) is 0 Å². The van der Waals surface area contributed by atoms with Gasteiger partial charge in [-0.25, -0.2) is 13.2 Å². The van der Waals surface area contributed by atoms with Crippen molar-refractivity contribution in [2.45, 2.75) is 58.7 Å². The van der Waals surface area contributed by atoms with Crippen molar-refractivity contribution in [1.29, 1.82) is 0 Å². The third-order valence-electron chi connectivity index (χ3n) is 4.66. The Balaban J connectivity index is 2.42. The van der Waals surface area contributed by atoms with E-state index in [-0.39, 0.29) is 11.1 Å². The monoisotopic (exact) mass is 404 g/mol. The van der Waals surface area contributed by atoms with Gasteiger partial charge in [0.2, 0.25) is 0 Å². The Morgan fingerprint density at radius 2 is 1.58 bits per heavy atom. The van der Waals surface area contributed by atoms with Crippen molar-refractivity contribution in [3.8, 4) is 0 Å². The fraction of sp³-hybridized carbons (Fsp3) is 0.529. The number of allylic oxidation sites excluding steroid dienone is 1. The molecule has 7 heteroatoms. The van der Waals surface area contributed by atoms with Crippen molar-refractivity contribution in [3.63, 3.8) is 0 Å². The molecule has 0 saturated carbocycles.